The number of ether oxygens (including phenoxy) is 1. The van der Waals surface area contributed by atoms with Gasteiger partial charge in [-0.1, -0.05) is 31.7 Å². The fraction of sp³-hybridized carbons (Fsp3) is 0.545. The van der Waals surface area contributed by atoms with E-state index in [1.807, 2.05) is 0 Å². The summed E-state index contributed by atoms with van der Waals surface area (Å²) >= 11 is 0. The van der Waals surface area contributed by atoms with Crippen molar-refractivity contribution >= 4 is 5.91 Å². The van der Waals surface area contributed by atoms with Crippen LogP contribution in [-0.2, 0) is 11.3 Å². The lowest BCUT2D eigenvalue weighted by Crippen LogP contribution is -2.43. The lowest BCUT2D eigenvalue weighted by molar-refractivity contribution is 0.0246. The summed E-state index contributed by atoms with van der Waals surface area (Å²) in [4.78, 5) is 37.6. The minimum absolute atomic E-state index is 0.0315. The maximum Gasteiger partial charge on any atom is 0.352 e. The van der Waals surface area contributed by atoms with E-state index in [0.29, 0.717) is 24.1 Å². The number of methoxy groups -OCH3 is 1. The molecule has 1 aromatic carbocycles. The lowest BCUT2D eigenvalue weighted by atomic mass is 9.94. The summed E-state index contributed by atoms with van der Waals surface area (Å²) in [6.07, 6.45) is 5.31. The molecule has 1 aliphatic rings. The number of aliphatic hydroxyl groups excluding tert-OH is 1. The van der Waals surface area contributed by atoms with E-state index in [0.717, 1.165) is 41.1 Å². The van der Waals surface area contributed by atoms with Gasteiger partial charge in [0.15, 0.2) is 0 Å². The third kappa shape index (κ3) is 5.90. The number of rotatable bonds is 8. The van der Waals surface area contributed by atoms with Gasteiger partial charge in [-0.25, -0.2) is 4.79 Å². The van der Waals surface area contributed by atoms with E-state index >= 15 is 0 Å². The average molecular weight is 447 g/mol. The van der Waals surface area contributed by atoms with Crippen molar-refractivity contribution in [3.05, 3.63) is 56.9 Å². The zero-order chi connectivity index (χ0) is 23.1. The van der Waals surface area contributed by atoms with Gasteiger partial charge in [0.1, 0.15) is 6.20 Å². The highest BCUT2D eigenvalue weighted by atomic mass is 16.5. The van der Waals surface area contributed by atoms with Crippen molar-refractivity contribution < 1.29 is 19.7 Å². The zero-order valence-electron chi connectivity index (χ0n) is 18.2. The van der Waals surface area contributed by atoms with Gasteiger partial charge in [0.2, 0.25) is 0 Å². The van der Waals surface area contributed by atoms with Gasteiger partial charge in [0.05, 0.1) is 30.5 Å². The van der Waals surface area contributed by atoms with Crippen molar-refractivity contribution in [2.45, 2.75) is 56.8 Å². The van der Waals surface area contributed by atoms with Crippen molar-refractivity contribution in [1.82, 2.24) is 19.7 Å². The molecule has 1 heterocycles. The molecular formula is C22H30N4O6. The molecule has 1 saturated carbocycles. The fourth-order valence-corrected chi connectivity index (χ4v) is 3.93. The monoisotopic (exact) mass is 446 g/mol. The molecule has 1 amide bonds. The first-order chi connectivity index (χ1) is 15.3. The summed E-state index contributed by atoms with van der Waals surface area (Å²) in [5.41, 5.74) is -1.69. The summed E-state index contributed by atoms with van der Waals surface area (Å²) in [5.74, 6) is -0.374. The Balaban J connectivity index is 1.79. The standard InChI is InChI=1S/C22H30N4O6/c1-32-14-18(27)13-25-19(28)12-24-26(21(25)30)17-8-6-7-16(11-17)20(29)23-15-22(31)9-4-2-3-5-10-22/h6-8,11-12,18,27,31H,2-5,9-10,13-15H2,1H3,(H,23,29)/t18-/m1/s1. The van der Waals surface area contributed by atoms with Crippen LogP contribution in [0.2, 0.25) is 0 Å². The molecule has 0 saturated heterocycles. The van der Waals surface area contributed by atoms with Crippen LogP contribution < -0.4 is 16.6 Å². The number of benzene rings is 1. The summed E-state index contributed by atoms with van der Waals surface area (Å²) in [6.45, 7) is -0.112. The Labute approximate surface area is 185 Å². The van der Waals surface area contributed by atoms with Crippen molar-refractivity contribution in [3.8, 4) is 5.69 Å². The maximum absolute atomic E-state index is 12.8. The molecular weight excluding hydrogens is 416 g/mol. The summed E-state index contributed by atoms with van der Waals surface area (Å²) in [5, 5.41) is 27.3. The van der Waals surface area contributed by atoms with Crippen LogP contribution in [0.3, 0.4) is 0 Å². The van der Waals surface area contributed by atoms with E-state index in [2.05, 4.69) is 10.4 Å². The van der Waals surface area contributed by atoms with Crippen LogP contribution >= 0.6 is 0 Å². The van der Waals surface area contributed by atoms with E-state index in [1.165, 1.54) is 13.2 Å². The molecule has 0 radical (unpaired) electrons. The molecule has 174 valence electrons. The number of nitrogens with one attached hydrogen (secondary N) is 1. The second kappa shape index (κ2) is 10.7. The average Bonchev–Trinajstić information content (AvgIpc) is 3.00. The van der Waals surface area contributed by atoms with Crippen LogP contribution in [0.5, 0.6) is 0 Å². The number of nitrogens with zero attached hydrogens (tertiary/aromatic N) is 3. The van der Waals surface area contributed by atoms with Crippen LogP contribution in [0.1, 0.15) is 48.9 Å². The Morgan fingerprint density at radius 3 is 2.66 bits per heavy atom. The molecule has 3 rings (SSSR count). The topological polar surface area (TPSA) is 136 Å². The maximum atomic E-state index is 12.8. The summed E-state index contributed by atoms with van der Waals surface area (Å²) in [7, 11) is 1.40. The molecule has 10 heteroatoms. The summed E-state index contributed by atoms with van der Waals surface area (Å²) in [6, 6.07) is 6.28. The SMILES string of the molecule is COC[C@H](O)Cn1c(=O)cnn(-c2cccc(C(=O)NCC3(O)CCCCCC3)c2)c1=O. The van der Waals surface area contributed by atoms with E-state index in [1.54, 1.807) is 18.2 Å². The number of carbonyl (C=O) groups excluding carboxylic acids is 1. The Bertz CT molecular complexity index is 1040. The van der Waals surface area contributed by atoms with Gasteiger partial charge in [-0.05, 0) is 31.0 Å². The number of hydrogen-bond acceptors (Lipinski definition) is 7. The largest absolute Gasteiger partial charge is 0.389 e. The molecule has 0 spiro atoms. The number of aromatic nitrogens is 3. The van der Waals surface area contributed by atoms with Gasteiger partial charge in [-0.2, -0.15) is 9.78 Å². The predicted molar refractivity (Wildman–Crippen MR) is 117 cm³/mol. The van der Waals surface area contributed by atoms with Gasteiger partial charge in [0, 0.05) is 19.2 Å². The number of hydrogen-bond donors (Lipinski definition) is 3. The van der Waals surface area contributed by atoms with E-state index in [9.17, 15) is 24.6 Å². The van der Waals surface area contributed by atoms with Gasteiger partial charge in [-0.15, -0.1) is 0 Å². The van der Waals surface area contributed by atoms with Crippen molar-refractivity contribution in [2.24, 2.45) is 0 Å². The second-order valence-corrected chi connectivity index (χ2v) is 8.27. The smallest absolute Gasteiger partial charge is 0.352 e. The van der Waals surface area contributed by atoms with Gasteiger partial charge < -0.3 is 20.3 Å². The Morgan fingerprint density at radius 1 is 1.25 bits per heavy atom. The van der Waals surface area contributed by atoms with Crippen LogP contribution in [0, 0.1) is 0 Å². The lowest BCUT2D eigenvalue weighted by Gasteiger charge is -2.26. The molecule has 1 atom stereocenters. The first-order valence-electron chi connectivity index (χ1n) is 10.8. The molecule has 0 unspecified atom stereocenters. The van der Waals surface area contributed by atoms with E-state index in [4.69, 9.17) is 4.74 Å². The minimum Gasteiger partial charge on any atom is -0.389 e. The van der Waals surface area contributed by atoms with Gasteiger partial charge in [-0.3, -0.25) is 14.2 Å². The van der Waals surface area contributed by atoms with Crippen LogP contribution in [-0.4, -0.2) is 62.4 Å². The first kappa shape index (κ1) is 23.8. The Morgan fingerprint density at radius 2 is 1.97 bits per heavy atom. The van der Waals surface area contributed by atoms with E-state index < -0.39 is 23.0 Å². The minimum atomic E-state index is -1.03. The molecule has 1 aliphatic carbocycles. The van der Waals surface area contributed by atoms with Crippen LogP contribution in [0.15, 0.2) is 40.1 Å². The normalized spacial score (nSPS) is 16.8. The third-order valence-electron chi connectivity index (χ3n) is 5.68. The molecule has 1 aromatic heterocycles. The van der Waals surface area contributed by atoms with Crippen LogP contribution in [0.25, 0.3) is 5.69 Å². The Hall–Kier alpha value is -2.82. The molecule has 0 bridgehead atoms. The van der Waals surface area contributed by atoms with E-state index in [-0.39, 0.29) is 25.6 Å². The fourth-order valence-electron chi connectivity index (χ4n) is 3.93. The molecule has 2 aromatic rings. The summed E-state index contributed by atoms with van der Waals surface area (Å²) < 4.78 is 6.70. The second-order valence-electron chi connectivity index (χ2n) is 8.27. The molecule has 32 heavy (non-hydrogen) atoms. The van der Waals surface area contributed by atoms with Gasteiger partial charge >= 0.3 is 5.69 Å². The highest BCUT2D eigenvalue weighted by molar-refractivity contribution is 5.94. The highest BCUT2D eigenvalue weighted by Gasteiger charge is 2.28. The first-order valence-corrected chi connectivity index (χ1v) is 10.8. The van der Waals surface area contributed by atoms with Gasteiger partial charge in [0.25, 0.3) is 11.5 Å². The van der Waals surface area contributed by atoms with Crippen LogP contribution in [0.4, 0.5) is 0 Å². The van der Waals surface area contributed by atoms with Crippen molar-refractivity contribution in [2.75, 3.05) is 20.3 Å². The number of amides is 1. The predicted octanol–water partition coefficient (Wildman–Crippen LogP) is 0.217. The molecule has 3 N–H and O–H groups in total. The highest BCUT2D eigenvalue weighted by Crippen LogP contribution is 2.26. The zero-order valence-corrected chi connectivity index (χ0v) is 18.2. The Kier molecular flexibility index (Phi) is 7.94. The number of aliphatic hydroxyl groups is 2. The molecule has 0 aliphatic heterocycles. The quantitative estimate of drug-likeness (QED) is 0.494. The number of carbonyl (C=O) groups is 1. The molecule has 10 nitrogen and oxygen atoms in total. The third-order valence-corrected chi connectivity index (χ3v) is 5.68. The molecule has 1 fully saturated rings. The van der Waals surface area contributed by atoms with Crippen molar-refractivity contribution in [1.29, 1.82) is 0 Å². The van der Waals surface area contributed by atoms with Crippen molar-refractivity contribution in [3.63, 3.8) is 0 Å².